The molecule has 0 fully saturated rings. The predicted molar refractivity (Wildman–Crippen MR) is 312 cm³/mol. The van der Waals surface area contributed by atoms with Crippen molar-refractivity contribution in [2.24, 2.45) is 16.6 Å². The highest BCUT2D eigenvalue weighted by molar-refractivity contribution is 7.14. The van der Waals surface area contributed by atoms with E-state index in [1.54, 1.807) is 47.5 Å². The second-order valence-electron chi connectivity index (χ2n) is 19.5. The average molecular weight is 1220 g/mol. The molecule has 7 aromatic rings. The third-order valence-electron chi connectivity index (χ3n) is 13.2. The monoisotopic (exact) mass is 1220 g/mol. The minimum Gasteiger partial charge on any atom is -0.490 e. The van der Waals surface area contributed by atoms with Gasteiger partial charge in [0.2, 0.25) is 11.8 Å². The first-order valence-corrected chi connectivity index (χ1v) is 28.0. The number of fused-ring (bicyclic) bond motifs is 2. The summed E-state index contributed by atoms with van der Waals surface area (Å²) >= 11 is 2.64. The Kier molecular flexibility index (Phi) is 22.5. The zero-order valence-corrected chi connectivity index (χ0v) is 47.9. The van der Waals surface area contributed by atoms with Gasteiger partial charge in [-0.15, -0.1) is 34.2 Å². The van der Waals surface area contributed by atoms with Gasteiger partial charge in [-0.05, 0) is 103 Å². The fourth-order valence-corrected chi connectivity index (χ4v) is 10.1. The molecule has 12 N–H and O–H groups in total. The van der Waals surface area contributed by atoms with E-state index in [1.807, 2.05) is 19.9 Å². The molecule has 26 nitrogen and oxygen atoms in total. The molecule has 4 atom stereocenters. The molecule has 0 bridgehead atoms. The Balaban J connectivity index is 0.000000227. The van der Waals surface area contributed by atoms with Gasteiger partial charge in [0.15, 0.2) is 33.3 Å². The lowest BCUT2D eigenvalue weighted by Gasteiger charge is -2.37. The summed E-state index contributed by atoms with van der Waals surface area (Å²) in [7, 11) is 0. The number of halogens is 2. The number of nitrogens with two attached hydrogens (primary N) is 2. The van der Waals surface area contributed by atoms with Crippen molar-refractivity contribution in [3.8, 4) is 46.8 Å². The fraction of sp³-hybridized carbons (Fsp3) is 0.321. The molecule has 5 heterocycles. The number of carboxylic acid groups (broad SMARTS) is 2. The molecule has 9 rings (SSSR count). The molecule has 30 heteroatoms. The first kappa shape index (κ1) is 64.4. The van der Waals surface area contributed by atoms with E-state index in [4.69, 9.17) is 52.6 Å². The number of nitrogens with zero attached hydrogens (tertiary/aromatic N) is 8. The SMILES string of the molecule is C#CC(N)CO.C[C@]1(CC(=O)Nc2nccs2)NCCc2cc(OCCN=[N+]=[N-])c(Oc3ccc(C(=O)O)c(F)c3)cc21.C[C@]1(CC(=O)Nc2nccs2)NCCc2cc(OCCn3cc(C(N)CO)nn3)c(Oc3ccc(C(=O)O)c(F)c3)cc21. The molecule has 0 saturated carbocycles. The number of nitrogens with one attached hydrogen (secondary N) is 4. The third-order valence-corrected chi connectivity index (χ3v) is 14.5. The Morgan fingerprint density at radius 1 is 0.791 bits per heavy atom. The Morgan fingerprint density at radius 2 is 1.29 bits per heavy atom. The van der Waals surface area contributed by atoms with Gasteiger partial charge in [0.1, 0.15) is 35.4 Å². The Hall–Kier alpha value is -9.15. The van der Waals surface area contributed by atoms with Crippen molar-refractivity contribution in [3.05, 3.63) is 151 Å². The zero-order chi connectivity index (χ0) is 62.0. The summed E-state index contributed by atoms with van der Waals surface area (Å²) in [5, 5.41) is 64.0. The fourth-order valence-electron chi connectivity index (χ4n) is 8.97. The van der Waals surface area contributed by atoms with Crippen LogP contribution in [-0.4, -0.2) is 121 Å². The van der Waals surface area contributed by atoms with Gasteiger partial charge in [0.05, 0.1) is 62.3 Å². The lowest BCUT2D eigenvalue weighted by molar-refractivity contribution is -0.118. The molecule has 86 heavy (non-hydrogen) atoms. The number of benzene rings is 4. The molecular weight excluding hydrogens is 1160 g/mol. The molecule has 0 spiro atoms. The van der Waals surface area contributed by atoms with E-state index in [2.05, 4.69) is 57.5 Å². The number of ether oxygens (including phenoxy) is 4. The highest BCUT2D eigenvalue weighted by Gasteiger charge is 2.37. The molecule has 2 aliphatic heterocycles. The first-order valence-electron chi connectivity index (χ1n) is 26.3. The third kappa shape index (κ3) is 17.2. The van der Waals surface area contributed by atoms with Crippen LogP contribution in [-0.2, 0) is 40.1 Å². The molecule has 2 unspecified atom stereocenters. The van der Waals surface area contributed by atoms with E-state index in [0.29, 0.717) is 59.9 Å². The summed E-state index contributed by atoms with van der Waals surface area (Å²) in [6.45, 7) is 5.29. The maximum absolute atomic E-state index is 14.5. The number of aliphatic hydroxyl groups is 2. The number of amides is 2. The van der Waals surface area contributed by atoms with E-state index in [9.17, 15) is 38.2 Å². The second-order valence-corrected chi connectivity index (χ2v) is 21.2. The standard InChI is InChI=1S/C28H30FN7O6S.C24H23FN6O5S.C4H7NO/c1-28(13-25(38)33-27-31-6-9-43-27)19-12-24(42-17-2-3-18(26(39)40)20(29)11-17)23(10-16(19)4-5-32-28)41-8-7-36-14-22(34-35-36)21(30)15-37;1-24(13-21(32)30-23-27-7-9-37-23)17-12-20(36-15-2-3-16(22(33)34)18(25)11-15)19(35-8-6-29-31-26)10-14(17)4-5-28-24;1-2-4(5)3-6/h2-3,6,9-12,14,21,32,37H,4-5,7-8,13,15,30H2,1H3,(H,39,40)(H,31,33,38);2-3,7,9-12,28H,4-6,8,13H2,1H3,(H,33,34)(H,27,30,32);1,4,6H,3,5H2/t21?,28-;24-;/m11./s1. The lowest BCUT2D eigenvalue weighted by Crippen LogP contribution is -2.47. The Morgan fingerprint density at radius 3 is 1.70 bits per heavy atom. The van der Waals surface area contributed by atoms with Crippen LogP contribution in [0.3, 0.4) is 0 Å². The molecule has 3 aromatic heterocycles. The maximum atomic E-state index is 14.5. The minimum absolute atomic E-state index is 0.0642. The predicted octanol–water partition coefficient (Wildman–Crippen LogP) is 6.62. The van der Waals surface area contributed by atoms with Crippen LogP contribution >= 0.6 is 22.7 Å². The number of aromatic nitrogens is 5. The van der Waals surface area contributed by atoms with Crippen molar-refractivity contribution < 1.29 is 67.3 Å². The number of carboxylic acids is 2. The lowest BCUT2D eigenvalue weighted by atomic mass is 9.81. The number of anilines is 2. The number of carbonyl (C=O) groups excluding carboxylic acids is 2. The van der Waals surface area contributed by atoms with Gasteiger partial charge in [0.25, 0.3) is 0 Å². The summed E-state index contributed by atoms with van der Waals surface area (Å²) in [6, 6.07) is 12.9. The van der Waals surface area contributed by atoms with E-state index in [-0.39, 0.29) is 80.6 Å². The highest BCUT2D eigenvalue weighted by Crippen LogP contribution is 2.43. The summed E-state index contributed by atoms with van der Waals surface area (Å²) in [4.78, 5) is 59.1. The number of thiazole rings is 2. The van der Waals surface area contributed by atoms with Crippen molar-refractivity contribution in [2.45, 2.75) is 69.2 Å². The smallest absolute Gasteiger partial charge is 0.338 e. The van der Waals surface area contributed by atoms with E-state index < -0.39 is 57.9 Å². The highest BCUT2D eigenvalue weighted by atomic mass is 32.1. The van der Waals surface area contributed by atoms with E-state index >= 15 is 0 Å². The van der Waals surface area contributed by atoms with Gasteiger partial charge < -0.3 is 72.1 Å². The Labute approximate surface area is 498 Å². The Bertz CT molecular complexity index is 3600. The summed E-state index contributed by atoms with van der Waals surface area (Å²) in [6.07, 6.45) is 11.1. The van der Waals surface area contributed by atoms with Gasteiger partial charge in [-0.3, -0.25) is 9.59 Å². The molecular formula is C56H60F2N14O12S2. The quantitative estimate of drug-likeness (QED) is 0.0106. The normalized spacial score (nSPS) is 16.3. The van der Waals surface area contributed by atoms with Crippen molar-refractivity contribution >= 4 is 56.7 Å². The van der Waals surface area contributed by atoms with Crippen molar-refractivity contribution in [3.63, 3.8) is 0 Å². The zero-order valence-electron chi connectivity index (χ0n) is 46.2. The molecule has 2 aliphatic rings. The average Bonchev–Trinajstić information content (AvgIpc) is 4.02. The minimum atomic E-state index is -1.39. The molecule has 0 aliphatic carbocycles. The molecule has 2 amide bonds. The van der Waals surface area contributed by atoms with Gasteiger partial charge in [0, 0.05) is 77.2 Å². The molecule has 452 valence electrons. The van der Waals surface area contributed by atoms with Gasteiger partial charge >= 0.3 is 11.9 Å². The largest absolute Gasteiger partial charge is 0.490 e. The number of terminal acetylenes is 1. The number of aliphatic hydroxyl groups excluding tert-OH is 2. The van der Waals surface area contributed by atoms with Crippen LogP contribution in [0.1, 0.15) is 81.4 Å². The number of carbonyl (C=O) groups is 4. The van der Waals surface area contributed by atoms with Gasteiger partial charge in [-0.25, -0.2) is 33.0 Å². The van der Waals surface area contributed by atoms with Crippen LogP contribution in [0.25, 0.3) is 10.4 Å². The van der Waals surface area contributed by atoms with Crippen LogP contribution in [0.15, 0.2) is 95.1 Å². The molecule has 0 saturated heterocycles. The number of hydrogen-bond acceptors (Lipinski definition) is 21. The van der Waals surface area contributed by atoms with Crippen molar-refractivity contribution in [1.82, 2.24) is 35.6 Å². The molecule has 0 radical (unpaired) electrons. The van der Waals surface area contributed by atoms with Gasteiger partial charge in [-0.2, -0.15) is 0 Å². The summed E-state index contributed by atoms with van der Waals surface area (Å²) in [5.41, 5.74) is 20.7. The molecule has 4 aromatic carbocycles. The number of hydrogen-bond donors (Lipinski definition) is 10. The van der Waals surface area contributed by atoms with Crippen LogP contribution < -0.4 is 51.7 Å². The number of rotatable bonds is 23. The summed E-state index contributed by atoms with van der Waals surface area (Å²) < 4.78 is 54.2. The number of aromatic carboxylic acids is 2. The van der Waals surface area contributed by atoms with E-state index in [1.165, 1.54) is 39.5 Å². The maximum Gasteiger partial charge on any atom is 0.338 e. The second kappa shape index (κ2) is 30.1. The first-order chi connectivity index (χ1) is 41.2. The van der Waals surface area contributed by atoms with Crippen LogP contribution in [0.2, 0.25) is 0 Å². The number of azide groups is 1. The summed E-state index contributed by atoms with van der Waals surface area (Å²) in [5.74, 6) is -1.66. The van der Waals surface area contributed by atoms with E-state index in [0.717, 1.165) is 46.5 Å². The topological polar surface area (TPSA) is 392 Å². The van der Waals surface area contributed by atoms with Crippen LogP contribution in [0.4, 0.5) is 19.0 Å². The van der Waals surface area contributed by atoms with Crippen molar-refractivity contribution in [2.75, 3.05) is 56.7 Å². The van der Waals surface area contributed by atoms with Gasteiger partial charge in [-0.1, -0.05) is 16.2 Å². The van der Waals surface area contributed by atoms with Crippen LogP contribution in [0, 0.1) is 24.0 Å². The van der Waals surface area contributed by atoms with Crippen molar-refractivity contribution in [1.29, 1.82) is 0 Å². The van der Waals surface area contributed by atoms with Crippen LogP contribution in [0.5, 0.6) is 34.5 Å².